The van der Waals surface area contributed by atoms with Crippen molar-refractivity contribution in [1.82, 2.24) is 10.6 Å². The molecule has 31 heavy (non-hydrogen) atoms. The van der Waals surface area contributed by atoms with Gasteiger partial charge in [0.1, 0.15) is 11.6 Å². The van der Waals surface area contributed by atoms with Crippen LogP contribution in [0.15, 0.2) is 29.9 Å². The molecule has 6 heteroatoms. The molecule has 1 unspecified atom stereocenters. The normalized spacial score (nSPS) is 15.2. The molecular weight excluding hydrogens is 413 g/mol. The van der Waals surface area contributed by atoms with Crippen molar-refractivity contribution in [3.63, 3.8) is 0 Å². The van der Waals surface area contributed by atoms with Gasteiger partial charge in [-0.3, -0.25) is 4.79 Å². The first-order valence-electron chi connectivity index (χ1n) is 11.5. The van der Waals surface area contributed by atoms with Gasteiger partial charge >= 0.3 is 0 Å². The van der Waals surface area contributed by atoms with Crippen LogP contribution in [0.25, 0.3) is 5.70 Å². The van der Waals surface area contributed by atoms with Crippen molar-refractivity contribution in [3.8, 4) is 0 Å². The van der Waals surface area contributed by atoms with E-state index in [9.17, 15) is 13.6 Å². The topological polar surface area (TPSA) is 41.1 Å². The minimum atomic E-state index is -0.651. The average Bonchev–Trinajstić information content (AvgIpc) is 2.74. The number of halogens is 2. The van der Waals surface area contributed by atoms with Gasteiger partial charge in [0.25, 0.3) is 5.91 Å². The standard InChI is InChI=1S/C22H31F2N2OP.C3H8/c1-3-5-11-25-20(17-13-21(28)19(24)14-18(17)23)12-15(4-2)22(27)26-16-9-7-6-8-10-16;1-3-2/h4,12-14,16,25H,3,5-11,28H2,1-2H3,(H,26,27);3H2,1-2H3/b15-4-,20-12-;. The Morgan fingerprint density at radius 2 is 1.77 bits per heavy atom. The lowest BCUT2D eigenvalue weighted by Crippen LogP contribution is -2.36. The molecule has 0 spiro atoms. The number of nitrogens with one attached hydrogen (secondary N) is 2. The predicted octanol–water partition coefficient (Wildman–Crippen LogP) is 6.01. The minimum absolute atomic E-state index is 0.155. The van der Waals surface area contributed by atoms with Crippen molar-refractivity contribution >= 4 is 26.1 Å². The molecule has 1 saturated carbocycles. The van der Waals surface area contributed by atoms with Crippen LogP contribution in [0.4, 0.5) is 8.78 Å². The van der Waals surface area contributed by atoms with Crippen LogP contribution in [-0.4, -0.2) is 18.5 Å². The van der Waals surface area contributed by atoms with Gasteiger partial charge in [-0.2, -0.15) is 0 Å². The number of hydrogen-bond donors (Lipinski definition) is 2. The molecule has 0 heterocycles. The Labute approximate surface area is 189 Å². The zero-order chi connectivity index (χ0) is 23.2. The summed E-state index contributed by atoms with van der Waals surface area (Å²) >= 11 is 0. The van der Waals surface area contributed by atoms with Gasteiger partial charge in [0.2, 0.25) is 0 Å². The van der Waals surface area contributed by atoms with Crippen LogP contribution in [0.1, 0.15) is 84.6 Å². The highest BCUT2D eigenvalue weighted by atomic mass is 31.0. The van der Waals surface area contributed by atoms with E-state index in [4.69, 9.17) is 0 Å². The largest absolute Gasteiger partial charge is 0.384 e. The maximum Gasteiger partial charge on any atom is 0.251 e. The van der Waals surface area contributed by atoms with Gasteiger partial charge in [-0.1, -0.05) is 59.0 Å². The summed E-state index contributed by atoms with van der Waals surface area (Å²) in [5, 5.41) is 6.59. The van der Waals surface area contributed by atoms with E-state index in [0.717, 1.165) is 44.6 Å². The Balaban J connectivity index is 0.00000151. The first kappa shape index (κ1) is 27.3. The monoisotopic (exact) mass is 452 g/mol. The molecular formula is C25H39F2N2OP. The van der Waals surface area contributed by atoms with E-state index < -0.39 is 11.6 Å². The van der Waals surface area contributed by atoms with Gasteiger partial charge in [0, 0.05) is 40.8 Å². The molecule has 1 aliphatic carbocycles. The lowest BCUT2D eigenvalue weighted by molar-refractivity contribution is -0.118. The third-order valence-electron chi connectivity index (χ3n) is 5.04. The summed E-state index contributed by atoms with van der Waals surface area (Å²) in [4.78, 5) is 12.7. The summed E-state index contributed by atoms with van der Waals surface area (Å²) in [5.41, 5.74) is 1.22. The van der Waals surface area contributed by atoms with Crippen molar-refractivity contribution < 1.29 is 13.6 Å². The van der Waals surface area contributed by atoms with Crippen molar-refractivity contribution in [3.05, 3.63) is 47.1 Å². The van der Waals surface area contributed by atoms with Crippen molar-refractivity contribution in [2.24, 2.45) is 0 Å². The van der Waals surface area contributed by atoms with E-state index in [1.807, 2.05) is 0 Å². The van der Waals surface area contributed by atoms with E-state index in [1.165, 1.54) is 18.9 Å². The number of hydrogen-bond acceptors (Lipinski definition) is 2. The van der Waals surface area contributed by atoms with Gasteiger partial charge in [-0.15, -0.1) is 9.24 Å². The van der Waals surface area contributed by atoms with Crippen LogP contribution < -0.4 is 15.9 Å². The van der Waals surface area contributed by atoms with Crippen molar-refractivity contribution in [1.29, 1.82) is 0 Å². The van der Waals surface area contributed by atoms with Gasteiger partial charge in [-0.05, 0) is 38.3 Å². The third kappa shape index (κ3) is 9.51. The second-order valence-electron chi connectivity index (χ2n) is 7.95. The van der Waals surface area contributed by atoms with E-state index in [1.54, 1.807) is 19.1 Å². The summed E-state index contributed by atoms with van der Waals surface area (Å²) in [6, 6.07) is 2.53. The van der Waals surface area contributed by atoms with Gasteiger partial charge in [0.05, 0.1) is 0 Å². The summed E-state index contributed by atoms with van der Waals surface area (Å²) in [6.07, 6.45) is 12.0. The second kappa shape index (κ2) is 15.1. The molecule has 0 aromatic heterocycles. The molecule has 2 N–H and O–H groups in total. The number of amides is 1. The van der Waals surface area contributed by atoms with Gasteiger partial charge in [-0.25, -0.2) is 8.78 Å². The van der Waals surface area contributed by atoms with Crippen LogP contribution in [0.5, 0.6) is 0 Å². The molecule has 1 aliphatic rings. The summed E-state index contributed by atoms with van der Waals surface area (Å²) < 4.78 is 28.1. The summed E-state index contributed by atoms with van der Waals surface area (Å²) in [6.45, 7) is 8.75. The summed E-state index contributed by atoms with van der Waals surface area (Å²) in [7, 11) is 2.28. The highest BCUT2D eigenvalue weighted by Gasteiger charge is 2.18. The molecule has 2 rings (SSSR count). The third-order valence-corrected chi connectivity index (χ3v) is 5.48. The molecule has 0 radical (unpaired) electrons. The minimum Gasteiger partial charge on any atom is -0.384 e. The molecule has 0 saturated heterocycles. The molecule has 0 bridgehead atoms. The molecule has 174 valence electrons. The Hall–Kier alpha value is -1.74. The van der Waals surface area contributed by atoms with E-state index in [0.29, 0.717) is 17.8 Å². The Kier molecular flexibility index (Phi) is 13.3. The van der Waals surface area contributed by atoms with Crippen molar-refractivity contribution in [2.75, 3.05) is 6.54 Å². The van der Waals surface area contributed by atoms with E-state index in [-0.39, 0.29) is 22.8 Å². The summed E-state index contributed by atoms with van der Waals surface area (Å²) in [5.74, 6) is -1.42. The van der Waals surface area contributed by atoms with Crippen molar-refractivity contribution in [2.45, 2.75) is 85.1 Å². The number of carbonyl (C=O) groups excluding carboxylic acids is 1. The highest BCUT2D eigenvalue weighted by molar-refractivity contribution is 7.27. The first-order valence-corrected chi connectivity index (χ1v) is 12.1. The number of benzene rings is 1. The van der Waals surface area contributed by atoms with Crippen LogP contribution in [0.2, 0.25) is 0 Å². The highest BCUT2D eigenvalue weighted by Crippen LogP contribution is 2.21. The molecule has 1 fully saturated rings. The fourth-order valence-electron chi connectivity index (χ4n) is 3.35. The fraction of sp³-hybridized carbons (Fsp3) is 0.560. The number of carbonyl (C=O) groups is 1. The molecule has 1 amide bonds. The maximum absolute atomic E-state index is 14.5. The Morgan fingerprint density at radius 1 is 1.13 bits per heavy atom. The SMILES string of the molecule is C/C=C(/C=C(\NCCCC)c1cc(P)c(F)cc1F)C(=O)NC1CCCCC1.CCC. The molecule has 1 aromatic carbocycles. The molecule has 3 nitrogen and oxygen atoms in total. The average molecular weight is 453 g/mol. The Bertz CT molecular complexity index is 756. The van der Waals surface area contributed by atoms with E-state index >= 15 is 0 Å². The maximum atomic E-state index is 14.5. The number of unbranched alkanes of at least 4 members (excludes halogenated alkanes) is 1. The zero-order valence-electron chi connectivity index (χ0n) is 19.5. The molecule has 0 aliphatic heterocycles. The number of rotatable bonds is 8. The second-order valence-corrected chi connectivity index (χ2v) is 8.57. The van der Waals surface area contributed by atoms with E-state index in [2.05, 4.69) is 40.6 Å². The predicted molar refractivity (Wildman–Crippen MR) is 131 cm³/mol. The van der Waals surface area contributed by atoms with Gasteiger partial charge < -0.3 is 10.6 Å². The number of allylic oxidation sites excluding steroid dienone is 1. The molecule has 1 atom stereocenters. The van der Waals surface area contributed by atoms with Crippen LogP contribution >= 0.6 is 9.24 Å². The quantitative estimate of drug-likeness (QED) is 0.220. The van der Waals surface area contributed by atoms with Crippen LogP contribution in [-0.2, 0) is 4.79 Å². The smallest absolute Gasteiger partial charge is 0.251 e. The van der Waals surface area contributed by atoms with Gasteiger partial charge in [0.15, 0.2) is 0 Å². The lowest BCUT2D eigenvalue weighted by atomic mass is 9.95. The Morgan fingerprint density at radius 3 is 2.35 bits per heavy atom. The van der Waals surface area contributed by atoms with Crippen LogP contribution in [0.3, 0.4) is 0 Å². The van der Waals surface area contributed by atoms with Crippen LogP contribution in [0, 0.1) is 11.6 Å². The first-order chi connectivity index (χ1) is 14.9. The zero-order valence-corrected chi connectivity index (χ0v) is 20.6. The lowest BCUT2D eigenvalue weighted by Gasteiger charge is -2.23. The fourth-order valence-corrected chi connectivity index (χ4v) is 3.60. The molecule has 1 aromatic rings.